The molecular formula is C21H19F2N5O3S. The fourth-order valence-electron chi connectivity index (χ4n) is 2.69. The summed E-state index contributed by atoms with van der Waals surface area (Å²) in [6, 6.07) is 8.40. The van der Waals surface area contributed by atoms with Gasteiger partial charge in [0.25, 0.3) is 5.56 Å². The fraction of sp³-hybridized carbons (Fsp3) is 0.190. The Labute approximate surface area is 185 Å². The van der Waals surface area contributed by atoms with Crippen LogP contribution >= 0.6 is 11.8 Å². The number of aryl methyl sites for hydroxylation is 1. The predicted molar refractivity (Wildman–Crippen MR) is 117 cm³/mol. The van der Waals surface area contributed by atoms with Crippen molar-refractivity contribution in [3.05, 3.63) is 63.9 Å². The van der Waals surface area contributed by atoms with Gasteiger partial charge in [-0.3, -0.25) is 19.4 Å². The summed E-state index contributed by atoms with van der Waals surface area (Å²) < 4.78 is 27.3. The molecule has 11 heteroatoms. The topological polar surface area (TPSA) is 117 Å². The van der Waals surface area contributed by atoms with Crippen LogP contribution in [0.3, 0.4) is 0 Å². The van der Waals surface area contributed by atoms with Crippen LogP contribution in [-0.4, -0.2) is 32.7 Å². The monoisotopic (exact) mass is 459 g/mol. The molecule has 0 aliphatic rings. The highest BCUT2D eigenvalue weighted by Crippen LogP contribution is 2.26. The molecule has 0 saturated carbocycles. The maximum absolute atomic E-state index is 13.6. The van der Waals surface area contributed by atoms with E-state index in [9.17, 15) is 23.2 Å². The van der Waals surface area contributed by atoms with Crippen molar-refractivity contribution in [2.24, 2.45) is 0 Å². The van der Waals surface area contributed by atoms with Crippen LogP contribution in [0.1, 0.15) is 18.9 Å². The third kappa shape index (κ3) is 5.55. The van der Waals surface area contributed by atoms with E-state index in [2.05, 4.69) is 25.8 Å². The van der Waals surface area contributed by atoms with Crippen LogP contribution < -0.4 is 16.2 Å². The number of aromatic nitrogens is 3. The molecule has 0 unspecified atom stereocenters. The van der Waals surface area contributed by atoms with E-state index in [0.717, 1.165) is 29.5 Å². The lowest BCUT2D eigenvalue weighted by Gasteiger charge is -2.11. The van der Waals surface area contributed by atoms with Gasteiger partial charge in [-0.05, 0) is 31.2 Å². The summed E-state index contributed by atoms with van der Waals surface area (Å²) in [5.74, 6) is -2.96. The largest absolute Gasteiger partial charge is 0.325 e. The Hall–Kier alpha value is -3.60. The van der Waals surface area contributed by atoms with E-state index < -0.39 is 28.8 Å². The van der Waals surface area contributed by atoms with Gasteiger partial charge in [-0.1, -0.05) is 36.4 Å². The highest BCUT2D eigenvalue weighted by atomic mass is 32.2. The number of hydrogen-bond donors (Lipinski definition) is 3. The molecule has 0 fully saturated rings. The number of halogens is 2. The van der Waals surface area contributed by atoms with Gasteiger partial charge in [-0.15, -0.1) is 10.2 Å². The Bertz CT molecular complexity index is 1210. The molecule has 3 rings (SSSR count). The Morgan fingerprint density at radius 2 is 1.78 bits per heavy atom. The molecule has 0 atom stereocenters. The maximum Gasteiger partial charge on any atom is 0.278 e. The lowest BCUT2D eigenvalue weighted by atomic mass is 10.1. The molecule has 1 heterocycles. The molecule has 3 aromatic rings. The number of carbonyl (C=O) groups is 2. The number of anilines is 2. The molecule has 32 heavy (non-hydrogen) atoms. The number of amides is 2. The molecule has 0 aliphatic carbocycles. The van der Waals surface area contributed by atoms with E-state index in [1.165, 1.54) is 6.07 Å². The van der Waals surface area contributed by atoms with Gasteiger partial charge in [0.15, 0.2) is 10.9 Å². The van der Waals surface area contributed by atoms with E-state index in [0.29, 0.717) is 11.3 Å². The van der Waals surface area contributed by atoms with E-state index in [4.69, 9.17) is 0 Å². The lowest BCUT2D eigenvalue weighted by Crippen LogP contribution is -2.19. The number of nitrogens with one attached hydrogen (secondary N) is 3. The quantitative estimate of drug-likeness (QED) is 0.466. The SMILES string of the molecule is CCC(=O)Nc1ccc(C)cc1-c1nnc(SCC(=O)Nc2c(F)cccc2F)[nH]c1=O. The number of thioether (sulfide) groups is 1. The summed E-state index contributed by atoms with van der Waals surface area (Å²) in [7, 11) is 0. The third-order valence-corrected chi connectivity index (χ3v) is 5.13. The van der Waals surface area contributed by atoms with Crippen molar-refractivity contribution >= 4 is 35.0 Å². The number of para-hydroxylation sites is 1. The zero-order valence-corrected chi connectivity index (χ0v) is 18.0. The first kappa shape index (κ1) is 23.1. The molecule has 2 aromatic carbocycles. The molecule has 0 spiro atoms. The van der Waals surface area contributed by atoms with Gasteiger partial charge in [0.2, 0.25) is 11.8 Å². The predicted octanol–water partition coefficient (Wildman–Crippen LogP) is 3.50. The molecule has 2 amide bonds. The molecular weight excluding hydrogens is 440 g/mol. The van der Waals surface area contributed by atoms with Crippen LogP contribution in [0, 0.1) is 18.6 Å². The second-order valence-corrected chi connectivity index (χ2v) is 7.66. The van der Waals surface area contributed by atoms with Crippen molar-refractivity contribution in [3.8, 4) is 11.3 Å². The van der Waals surface area contributed by atoms with Crippen LogP contribution in [0.4, 0.5) is 20.2 Å². The molecule has 0 aliphatic heterocycles. The first-order valence-electron chi connectivity index (χ1n) is 9.53. The highest BCUT2D eigenvalue weighted by molar-refractivity contribution is 7.99. The van der Waals surface area contributed by atoms with Crippen LogP contribution in [0.25, 0.3) is 11.3 Å². The number of carbonyl (C=O) groups excluding carboxylic acids is 2. The van der Waals surface area contributed by atoms with Crippen LogP contribution in [0.5, 0.6) is 0 Å². The van der Waals surface area contributed by atoms with E-state index >= 15 is 0 Å². The van der Waals surface area contributed by atoms with Gasteiger partial charge < -0.3 is 10.6 Å². The first-order valence-corrected chi connectivity index (χ1v) is 10.5. The van der Waals surface area contributed by atoms with Gasteiger partial charge in [0.05, 0.1) is 11.4 Å². The van der Waals surface area contributed by atoms with Crippen molar-refractivity contribution in [2.75, 3.05) is 16.4 Å². The summed E-state index contributed by atoms with van der Waals surface area (Å²) in [5.41, 5.74) is 0.571. The van der Waals surface area contributed by atoms with Crippen molar-refractivity contribution in [3.63, 3.8) is 0 Å². The van der Waals surface area contributed by atoms with E-state index in [1.807, 2.05) is 6.92 Å². The van der Waals surface area contributed by atoms with E-state index in [1.54, 1.807) is 25.1 Å². The highest BCUT2D eigenvalue weighted by Gasteiger charge is 2.16. The average Bonchev–Trinajstić information content (AvgIpc) is 2.76. The van der Waals surface area contributed by atoms with Crippen LogP contribution in [0.2, 0.25) is 0 Å². The van der Waals surface area contributed by atoms with E-state index in [-0.39, 0.29) is 28.9 Å². The Balaban J connectivity index is 1.75. The second kappa shape index (κ2) is 10.1. The first-order chi connectivity index (χ1) is 15.3. The zero-order valence-electron chi connectivity index (χ0n) is 17.2. The summed E-state index contributed by atoms with van der Waals surface area (Å²) in [6.07, 6.45) is 0.268. The normalized spacial score (nSPS) is 10.6. The number of aromatic amines is 1. The van der Waals surface area contributed by atoms with Crippen molar-refractivity contribution < 1.29 is 18.4 Å². The molecule has 0 bridgehead atoms. The molecule has 3 N–H and O–H groups in total. The maximum atomic E-state index is 13.6. The summed E-state index contributed by atoms with van der Waals surface area (Å²) in [5, 5.41) is 12.8. The number of hydrogen-bond acceptors (Lipinski definition) is 6. The zero-order chi connectivity index (χ0) is 23.3. The summed E-state index contributed by atoms with van der Waals surface area (Å²) in [4.78, 5) is 38.9. The fourth-order valence-corrected chi connectivity index (χ4v) is 3.29. The summed E-state index contributed by atoms with van der Waals surface area (Å²) >= 11 is 0.843. The minimum atomic E-state index is -0.898. The van der Waals surface area contributed by atoms with Gasteiger partial charge in [0.1, 0.15) is 17.3 Å². The number of benzene rings is 2. The molecule has 0 radical (unpaired) electrons. The molecule has 1 aromatic heterocycles. The lowest BCUT2D eigenvalue weighted by molar-refractivity contribution is -0.116. The average molecular weight is 459 g/mol. The van der Waals surface area contributed by atoms with Crippen molar-refractivity contribution in [2.45, 2.75) is 25.4 Å². The molecule has 8 nitrogen and oxygen atoms in total. The number of nitrogens with zero attached hydrogens (tertiary/aromatic N) is 2. The van der Waals surface area contributed by atoms with Crippen molar-refractivity contribution in [1.82, 2.24) is 15.2 Å². The standard InChI is InChI=1S/C21H19F2N5O3S/c1-3-16(29)24-15-8-7-11(2)9-12(15)18-20(31)26-21(28-27-18)32-10-17(30)25-19-13(22)5-4-6-14(19)23/h4-9H,3,10H2,1-2H3,(H,24,29)(H,25,30)(H,26,28,31). The van der Waals surface area contributed by atoms with Gasteiger partial charge in [-0.2, -0.15) is 0 Å². The Morgan fingerprint density at radius 1 is 1.06 bits per heavy atom. The van der Waals surface area contributed by atoms with Crippen molar-refractivity contribution in [1.29, 1.82) is 0 Å². The minimum absolute atomic E-state index is 0.00216. The molecule has 0 saturated heterocycles. The Kier molecular flexibility index (Phi) is 7.31. The smallest absolute Gasteiger partial charge is 0.278 e. The van der Waals surface area contributed by atoms with Gasteiger partial charge in [0, 0.05) is 12.0 Å². The third-order valence-electron chi connectivity index (χ3n) is 4.27. The Morgan fingerprint density at radius 3 is 2.44 bits per heavy atom. The minimum Gasteiger partial charge on any atom is -0.325 e. The molecule has 166 valence electrons. The number of rotatable bonds is 7. The van der Waals surface area contributed by atoms with Crippen LogP contribution in [-0.2, 0) is 9.59 Å². The number of H-pyrrole nitrogens is 1. The van der Waals surface area contributed by atoms with Crippen LogP contribution in [0.15, 0.2) is 46.3 Å². The second-order valence-electron chi connectivity index (χ2n) is 6.69. The summed E-state index contributed by atoms with van der Waals surface area (Å²) in [6.45, 7) is 3.54. The van der Waals surface area contributed by atoms with Gasteiger partial charge in [-0.25, -0.2) is 8.78 Å². The van der Waals surface area contributed by atoms with Gasteiger partial charge >= 0.3 is 0 Å².